The van der Waals surface area contributed by atoms with E-state index >= 15 is 0 Å². The summed E-state index contributed by atoms with van der Waals surface area (Å²) in [6.07, 6.45) is 3.62. The average Bonchev–Trinajstić information content (AvgIpc) is 2.53. The first-order chi connectivity index (χ1) is 9.84. The molecule has 2 nitrogen and oxygen atoms in total. The fourth-order valence-electron chi connectivity index (χ4n) is 2.28. The third kappa shape index (κ3) is 2.84. The monoisotopic (exact) mass is 280 g/mol. The van der Waals surface area contributed by atoms with E-state index in [1.54, 1.807) is 11.8 Å². The number of hydrogen-bond acceptors (Lipinski definition) is 3. The third-order valence-corrected chi connectivity index (χ3v) is 4.43. The van der Waals surface area contributed by atoms with Crippen molar-refractivity contribution >= 4 is 22.5 Å². The zero-order valence-electron chi connectivity index (χ0n) is 11.1. The van der Waals surface area contributed by atoms with Crippen LogP contribution in [0.4, 0.5) is 0 Å². The molecule has 0 saturated heterocycles. The minimum Gasteiger partial charge on any atom is -0.323 e. The van der Waals surface area contributed by atoms with Gasteiger partial charge in [0.1, 0.15) is 0 Å². The van der Waals surface area contributed by atoms with Gasteiger partial charge in [0.25, 0.3) is 0 Å². The maximum Gasteiger partial charge on any atom is 0.0396 e. The van der Waals surface area contributed by atoms with Crippen molar-refractivity contribution in [3.8, 4) is 0 Å². The van der Waals surface area contributed by atoms with E-state index in [4.69, 9.17) is 5.73 Å². The minimum absolute atomic E-state index is 0.0271. The van der Waals surface area contributed by atoms with E-state index in [0.29, 0.717) is 0 Å². The predicted octanol–water partition coefficient (Wildman–Crippen LogP) is 4.03. The first-order valence-electron chi connectivity index (χ1n) is 6.60. The van der Waals surface area contributed by atoms with Crippen molar-refractivity contribution < 1.29 is 0 Å². The van der Waals surface area contributed by atoms with Crippen molar-refractivity contribution in [2.24, 2.45) is 5.73 Å². The van der Waals surface area contributed by atoms with Crippen LogP contribution in [0, 0.1) is 0 Å². The van der Waals surface area contributed by atoms with Gasteiger partial charge in [0, 0.05) is 29.1 Å². The van der Waals surface area contributed by atoms with Crippen LogP contribution in [0.2, 0.25) is 0 Å². The van der Waals surface area contributed by atoms with E-state index in [1.165, 1.54) is 21.2 Å². The minimum atomic E-state index is 0.0271. The smallest absolute Gasteiger partial charge is 0.0396 e. The molecule has 0 aliphatic heterocycles. The van der Waals surface area contributed by atoms with Crippen LogP contribution in [0.15, 0.2) is 71.9 Å². The Morgan fingerprint density at radius 2 is 1.70 bits per heavy atom. The molecule has 20 heavy (non-hydrogen) atoms. The second-order valence-corrected chi connectivity index (χ2v) is 5.76. The normalized spacial score (nSPS) is 12.4. The molecule has 0 spiro atoms. The number of benzene rings is 2. The maximum absolute atomic E-state index is 6.37. The number of thioether (sulfide) groups is 1. The summed E-state index contributed by atoms with van der Waals surface area (Å²) >= 11 is 1.77. The molecule has 0 aliphatic rings. The second kappa shape index (κ2) is 6.07. The van der Waals surface area contributed by atoms with Crippen molar-refractivity contribution in [2.45, 2.75) is 10.9 Å². The Balaban J connectivity index is 1.80. The Labute approximate surface area is 123 Å². The maximum atomic E-state index is 6.37. The van der Waals surface area contributed by atoms with Gasteiger partial charge in [-0.05, 0) is 28.5 Å². The Morgan fingerprint density at radius 1 is 0.950 bits per heavy atom. The summed E-state index contributed by atoms with van der Waals surface area (Å²) in [5.74, 6) is 0.859. The van der Waals surface area contributed by atoms with Gasteiger partial charge in [0.05, 0.1) is 0 Å². The lowest BCUT2D eigenvalue weighted by Gasteiger charge is -2.14. The first-order valence-corrected chi connectivity index (χ1v) is 7.59. The van der Waals surface area contributed by atoms with Crippen molar-refractivity contribution in [1.29, 1.82) is 0 Å². The van der Waals surface area contributed by atoms with Gasteiger partial charge in [-0.25, -0.2) is 0 Å². The molecule has 2 N–H and O–H groups in total. The molecule has 0 amide bonds. The molecule has 2 aromatic carbocycles. The van der Waals surface area contributed by atoms with Gasteiger partial charge in [0.15, 0.2) is 0 Å². The number of aromatic nitrogens is 1. The van der Waals surface area contributed by atoms with Gasteiger partial charge in [0.2, 0.25) is 0 Å². The highest BCUT2D eigenvalue weighted by Gasteiger charge is 2.10. The molecular weight excluding hydrogens is 264 g/mol. The molecule has 0 radical (unpaired) electrons. The largest absolute Gasteiger partial charge is 0.323 e. The molecule has 1 atom stereocenters. The third-order valence-electron chi connectivity index (χ3n) is 3.30. The van der Waals surface area contributed by atoms with Crippen LogP contribution >= 0.6 is 11.8 Å². The molecular formula is C17H16N2S. The molecule has 0 aliphatic carbocycles. The molecule has 3 aromatic rings. The van der Waals surface area contributed by atoms with Crippen LogP contribution < -0.4 is 5.73 Å². The van der Waals surface area contributed by atoms with E-state index in [9.17, 15) is 0 Å². The van der Waals surface area contributed by atoms with Gasteiger partial charge < -0.3 is 5.73 Å². The summed E-state index contributed by atoms with van der Waals surface area (Å²) in [7, 11) is 0. The summed E-state index contributed by atoms with van der Waals surface area (Å²) in [6, 6.07) is 18.8. The average molecular weight is 280 g/mol. The van der Waals surface area contributed by atoms with Gasteiger partial charge >= 0.3 is 0 Å². The Hall–Kier alpha value is -1.84. The standard InChI is InChI=1S/C17H16N2S/c18-17(12-20-14-8-10-19-11-9-14)16-7-3-5-13-4-1-2-6-15(13)16/h1-11,17H,12,18H2. The van der Waals surface area contributed by atoms with Crippen molar-refractivity contribution in [3.63, 3.8) is 0 Å². The van der Waals surface area contributed by atoms with E-state index in [1.807, 2.05) is 24.5 Å². The van der Waals surface area contributed by atoms with E-state index < -0.39 is 0 Å². The number of nitrogens with two attached hydrogens (primary N) is 1. The highest BCUT2D eigenvalue weighted by Crippen LogP contribution is 2.27. The highest BCUT2D eigenvalue weighted by molar-refractivity contribution is 7.99. The lowest BCUT2D eigenvalue weighted by molar-refractivity contribution is 0.840. The van der Waals surface area contributed by atoms with Crippen LogP contribution in [0.25, 0.3) is 10.8 Å². The van der Waals surface area contributed by atoms with E-state index in [2.05, 4.69) is 47.4 Å². The number of nitrogens with zero attached hydrogens (tertiary/aromatic N) is 1. The summed E-state index contributed by atoms with van der Waals surface area (Å²) in [5.41, 5.74) is 7.59. The topological polar surface area (TPSA) is 38.9 Å². The number of fused-ring (bicyclic) bond motifs is 1. The number of hydrogen-bond donors (Lipinski definition) is 1. The Kier molecular flexibility index (Phi) is 4.00. The van der Waals surface area contributed by atoms with E-state index in [-0.39, 0.29) is 6.04 Å². The summed E-state index contributed by atoms with van der Waals surface area (Å²) in [4.78, 5) is 5.23. The van der Waals surface area contributed by atoms with Crippen LogP contribution in [0.1, 0.15) is 11.6 Å². The second-order valence-electron chi connectivity index (χ2n) is 4.67. The van der Waals surface area contributed by atoms with E-state index in [0.717, 1.165) is 5.75 Å². The molecule has 100 valence electrons. The number of rotatable bonds is 4. The molecule has 0 saturated carbocycles. The fourth-order valence-corrected chi connectivity index (χ4v) is 3.15. The molecule has 1 unspecified atom stereocenters. The van der Waals surface area contributed by atoms with Crippen molar-refractivity contribution in [1.82, 2.24) is 4.98 Å². The fraction of sp³-hybridized carbons (Fsp3) is 0.118. The summed E-state index contributed by atoms with van der Waals surface area (Å²) in [6.45, 7) is 0. The first kappa shape index (κ1) is 13.2. The predicted molar refractivity (Wildman–Crippen MR) is 85.8 cm³/mol. The molecule has 1 aromatic heterocycles. The quantitative estimate of drug-likeness (QED) is 0.733. The highest BCUT2D eigenvalue weighted by atomic mass is 32.2. The van der Waals surface area contributed by atoms with Crippen molar-refractivity contribution in [3.05, 3.63) is 72.6 Å². The van der Waals surface area contributed by atoms with Gasteiger partial charge in [-0.15, -0.1) is 11.8 Å². The lowest BCUT2D eigenvalue weighted by atomic mass is 10.0. The zero-order chi connectivity index (χ0) is 13.8. The summed E-state index contributed by atoms with van der Waals surface area (Å²) < 4.78 is 0. The Morgan fingerprint density at radius 3 is 2.55 bits per heavy atom. The molecule has 3 heteroatoms. The summed E-state index contributed by atoms with van der Waals surface area (Å²) in [5, 5.41) is 2.49. The van der Waals surface area contributed by atoms with Crippen LogP contribution in [0.5, 0.6) is 0 Å². The van der Waals surface area contributed by atoms with Crippen LogP contribution in [-0.4, -0.2) is 10.7 Å². The van der Waals surface area contributed by atoms with Crippen LogP contribution in [0.3, 0.4) is 0 Å². The van der Waals surface area contributed by atoms with Crippen LogP contribution in [-0.2, 0) is 0 Å². The van der Waals surface area contributed by atoms with Gasteiger partial charge in [-0.3, -0.25) is 4.98 Å². The van der Waals surface area contributed by atoms with Gasteiger partial charge in [-0.1, -0.05) is 42.5 Å². The van der Waals surface area contributed by atoms with Crippen molar-refractivity contribution in [2.75, 3.05) is 5.75 Å². The number of pyridine rings is 1. The Bertz CT molecular complexity index is 692. The molecule has 1 heterocycles. The molecule has 0 fully saturated rings. The molecule has 0 bridgehead atoms. The molecule has 3 rings (SSSR count). The zero-order valence-corrected chi connectivity index (χ0v) is 11.9. The SMILES string of the molecule is NC(CSc1ccncc1)c1cccc2ccccc12. The lowest BCUT2D eigenvalue weighted by Crippen LogP contribution is -2.13. The van der Waals surface area contributed by atoms with Gasteiger partial charge in [-0.2, -0.15) is 0 Å².